The minimum Gasteiger partial charge on any atom is -0.375 e. The van der Waals surface area contributed by atoms with Crippen LogP contribution in [0.15, 0.2) is 0 Å². The fourth-order valence-electron chi connectivity index (χ4n) is 3.37. The molecule has 0 bridgehead atoms. The number of hydrogen-bond donors (Lipinski definition) is 1. The molecule has 0 aliphatic carbocycles. The Morgan fingerprint density at radius 1 is 1.22 bits per heavy atom. The topological polar surface area (TPSA) is 41.6 Å². The first-order chi connectivity index (χ1) is 8.83. The maximum Gasteiger partial charge on any atom is 0.248 e. The summed E-state index contributed by atoms with van der Waals surface area (Å²) in [6.45, 7) is 3.37. The van der Waals surface area contributed by atoms with Crippen molar-refractivity contribution in [2.75, 3.05) is 33.4 Å². The zero-order chi connectivity index (χ0) is 12.8. The molecule has 18 heavy (non-hydrogen) atoms. The Morgan fingerprint density at radius 3 is 2.72 bits per heavy atom. The Balaban J connectivity index is 2.03. The van der Waals surface area contributed by atoms with Crippen molar-refractivity contribution < 1.29 is 9.53 Å². The molecule has 2 aliphatic heterocycles. The molecule has 2 aliphatic rings. The number of carbonyl (C=O) groups excluding carboxylic acids is 1. The van der Waals surface area contributed by atoms with Crippen LogP contribution in [0.3, 0.4) is 0 Å². The largest absolute Gasteiger partial charge is 0.375 e. The van der Waals surface area contributed by atoms with E-state index < -0.39 is 0 Å². The van der Waals surface area contributed by atoms with Crippen LogP contribution in [0.2, 0.25) is 0 Å². The Morgan fingerprint density at radius 2 is 2.00 bits per heavy atom. The summed E-state index contributed by atoms with van der Waals surface area (Å²) in [5.74, 6) is 0.869. The van der Waals surface area contributed by atoms with E-state index >= 15 is 0 Å². The predicted molar refractivity (Wildman–Crippen MR) is 71.4 cm³/mol. The number of carbonyl (C=O) groups is 1. The molecule has 2 fully saturated rings. The van der Waals surface area contributed by atoms with Crippen LogP contribution in [0.4, 0.5) is 0 Å². The highest BCUT2D eigenvalue weighted by Crippen LogP contribution is 2.28. The number of piperidine rings is 1. The van der Waals surface area contributed by atoms with Crippen LogP contribution < -0.4 is 5.32 Å². The first-order valence-corrected chi connectivity index (χ1v) is 7.32. The summed E-state index contributed by atoms with van der Waals surface area (Å²) >= 11 is 0. The molecule has 0 aromatic heterocycles. The number of rotatable bonds is 3. The van der Waals surface area contributed by atoms with Crippen molar-refractivity contribution >= 4 is 5.91 Å². The van der Waals surface area contributed by atoms with Crippen LogP contribution in [0, 0.1) is 5.92 Å². The van der Waals surface area contributed by atoms with Gasteiger partial charge in [-0.15, -0.1) is 0 Å². The van der Waals surface area contributed by atoms with E-state index in [0.717, 1.165) is 26.1 Å². The van der Waals surface area contributed by atoms with Gasteiger partial charge in [0, 0.05) is 19.7 Å². The Kier molecular flexibility index (Phi) is 5.45. The van der Waals surface area contributed by atoms with Crippen molar-refractivity contribution in [2.45, 2.75) is 44.6 Å². The third kappa shape index (κ3) is 3.45. The van der Waals surface area contributed by atoms with Gasteiger partial charge < -0.3 is 15.0 Å². The monoisotopic (exact) mass is 254 g/mol. The van der Waals surface area contributed by atoms with E-state index in [4.69, 9.17) is 4.74 Å². The molecule has 4 nitrogen and oxygen atoms in total. The molecule has 0 spiro atoms. The molecule has 0 unspecified atom stereocenters. The number of nitrogens with one attached hydrogen (secondary N) is 1. The van der Waals surface area contributed by atoms with E-state index in [2.05, 4.69) is 10.2 Å². The van der Waals surface area contributed by atoms with Crippen LogP contribution in [-0.4, -0.2) is 50.2 Å². The number of ether oxygens (including phenoxy) is 1. The molecular weight excluding hydrogens is 228 g/mol. The van der Waals surface area contributed by atoms with E-state index in [9.17, 15) is 4.79 Å². The quantitative estimate of drug-likeness (QED) is 0.828. The second kappa shape index (κ2) is 7.10. The molecule has 0 saturated carbocycles. The summed E-state index contributed by atoms with van der Waals surface area (Å²) in [6, 6.07) is 0.456. The zero-order valence-corrected chi connectivity index (χ0v) is 11.5. The van der Waals surface area contributed by atoms with Gasteiger partial charge in [0.15, 0.2) is 0 Å². The zero-order valence-electron chi connectivity index (χ0n) is 11.5. The maximum absolute atomic E-state index is 12.2. The molecule has 1 N–H and O–H groups in total. The summed E-state index contributed by atoms with van der Waals surface area (Å²) in [7, 11) is 1.61. The predicted octanol–water partition coefficient (Wildman–Crippen LogP) is 1.40. The van der Waals surface area contributed by atoms with Gasteiger partial charge in [0.25, 0.3) is 0 Å². The number of likely N-dealkylation sites (tertiary alicyclic amines) is 1. The van der Waals surface area contributed by atoms with Crippen molar-refractivity contribution in [3.63, 3.8) is 0 Å². The Bertz CT molecular complexity index is 265. The highest BCUT2D eigenvalue weighted by atomic mass is 16.5. The standard InChI is InChI=1S/C14H26N2O2/c1-18-11-14(17)16-10-4-2-3-5-13(16)12-6-8-15-9-7-12/h12-13,15H,2-11H2,1H3/t13-/m0/s1. The lowest BCUT2D eigenvalue weighted by atomic mass is 9.87. The number of nitrogens with zero attached hydrogens (tertiary/aromatic N) is 1. The van der Waals surface area contributed by atoms with Crippen LogP contribution in [0.25, 0.3) is 0 Å². The molecule has 104 valence electrons. The van der Waals surface area contributed by atoms with Crippen molar-refractivity contribution in [3.8, 4) is 0 Å². The highest BCUT2D eigenvalue weighted by Gasteiger charge is 2.32. The molecule has 1 amide bonds. The summed E-state index contributed by atoms with van der Waals surface area (Å²) < 4.78 is 5.03. The van der Waals surface area contributed by atoms with E-state index in [0.29, 0.717) is 12.0 Å². The van der Waals surface area contributed by atoms with Gasteiger partial charge >= 0.3 is 0 Å². The third-order valence-electron chi connectivity index (χ3n) is 4.32. The normalized spacial score (nSPS) is 26.9. The molecule has 2 heterocycles. The molecule has 4 heteroatoms. The lowest BCUT2D eigenvalue weighted by Crippen LogP contribution is -2.48. The van der Waals surface area contributed by atoms with Crippen molar-refractivity contribution in [2.24, 2.45) is 5.92 Å². The van der Waals surface area contributed by atoms with Crippen LogP contribution >= 0.6 is 0 Å². The second-order valence-corrected chi connectivity index (χ2v) is 5.52. The average molecular weight is 254 g/mol. The van der Waals surface area contributed by atoms with E-state index in [1.54, 1.807) is 7.11 Å². The lowest BCUT2D eigenvalue weighted by molar-refractivity contribution is -0.138. The minimum atomic E-state index is 0.183. The summed E-state index contributed by atoms with van der Waals surface area (Å²) in [5.41, 5.74) is 0. The van der Waals surface area contributed by atoms with E-state index in [-0.39, 0.29) is 12.5 Å². The number of hydrogen-bond acceptors (Lipinski definition) is 3. The van der Waals surface area contributed by atoms with Gasteiger partial charge in [0.05, 0.1) is 0 Å². The molecular formula is C14H26N2O2. The molecule has 2 rings (SSSR count). The van der Waals surface area contributed by atoms with Gasteiger partial charge in [0.1, 0.15) is 6.61 Å². The van der Waals surface area contributed by atoms with Gasteiger partial charge in [-0.25, -0.2) is 0 Å². The molecule has 0 aromatic rings. The lowest BCUT2D eigenvalue weighted by Gasteiger charge is -2.38. The molecule has 0 aromatic carbocycles. The van der Waals surface area contributed by atoms with Crippen LogP contribution in [0.1, 0.15) is 38.5 Å². The van der Waals surface area contributed by atoms with Crippen molar-refractivity contribution in [1.29, 1.82) is 0 Å². The first kappa shape index (κ1) is 13.8. The summed E-state index contributed by atoms with van der Waals surface area (Å²) in [4.78, 5) is 14.3. The fraction of sp³-hybridized carbons (Fsp3) is 0.929. The smallest absolute Gasteiger partial charge is 0.248 e. The molecule has 1 atom stereocenters. The first-order valence-electron chi connectivity index (χ1n) is 7.32. The van der Waals surface area contributed by atoms with Gasteiger partial charge in [-0.3, -0.25) is 4.79 Å². The van der Waals surface area contributed by atoms with Crippen molar-refractivity contribution in [3.05, 3.63) is 0 Å². The number of amides is 1. The molecule has 2 saturated heterocycles. The van der Waals surface area contributed by atoms with Gasteiger partial charge in [-0.2, -0.15) is 0 Å². The third-order valence-corrected chi connectivity index (χ3v) is 4.32. The summed E-state index contributed by atoms with van der Waals surface area (Å²) in [5, 5.41) is 3.41. The average Bonchev–Trinajstić information content (AvgIpc) is 2.65. The fourth-order valence-corrected chi connectivity index (χ4v) is 3.37. The molecule has 0 radical (unpaired) electrons. The van der Waals surface area contributed by atoms with E-state index in [1.165, 1.54) is 32.1 Å². The Labute approximate surface area is 110 Å². The van der Waals surface area contributed by atoms with Gasteiger partial charge in [0.2, 0.25) is 5.91 Å². The highest BCUT2D eigenvalue weighted by molar-refractivity contribution is 5.77. The van der Waals surface area contributed by atoms with Crippen LogP contribution in [-0.2, 0) is 9.53 Å². The van der Waals surface area contributed by atoms with E-state index in [1.807, 2.05) is 0 Å². The van der Waals surface area contributed by atoms with Crippen LogP contribution in [0.5, 0.6) is 0 Å². The van der Waals surface area contributed by atoms with Crippen molar-refractivity contribution in [1.82, 2.24) is 10.2 Å². The second-order valence-electron chi connectivity index (χ2n) is 5.52. The minimum absolute atomic E-state index is 0.183. The number of methoxy groups -OCH3 is 1. The van der Waals surface area contributed by atoms with Gasteiger partial charge in [-0.1, -0.05) is 12.8 Å². The Hall–Kier alpha value is -0.610. The SMILES string of the molecule is COCC(=O)N1CCCCC[C@H]1C1CCNCC1. The maximum atomic E-state index is 12.2. The van der Waals surface area contributed by atoms with Gasteiger partial charge in [-0.05, 0) is 44.7 Å². The summed E-state index contributed by atoms with van der Waals surface area (Å²) in [6.07, 6.45) is 7.28.